The molecule has 0 saturated carbocycles. The van der Waals surface area contributed by atoms with Crippen LogP contribution in [0.15, 0.2) is 36.5 Å². The lowest BCUT2D eigenvalue weighted by atomic mass is 10.1. The third-order valence-electron chi connectivity index (χ3n) is 3.88. The normalized spacial score (nSPS) is 14.3. The molecule has 1 aromatic heterocycles. The van der Waals surface area contributed by atoms with E-state index in [1.54, 1.807) is 6.20 Å². The number of rotatable bonds is 4. The number of hydrogen-bond acceptors (Lipinski definition) is 4. The summed E-state index contributed by atoms with van der Waals surface area (Å²) in [6, 6.07) is 7.10. The van der Waals surface area contributed by atoms with Crippen LogP contribution in [-0.4, -0.2) is 29.1 Å². The third-order valence-corrected chi connectivity index (χ3v) is 3.88. The molecule has 2 N–H and O–H groups in total. The van der Waals surface area contributed by atoms with E-state index in [9.17, 15) is 9.18 Å². The average Bonchev–Trinajstić information content (AvgIpc) is 2.63. The summed E-state index contributed by atoms with van der Waals surface area (Å²) in [4.78, 5) is 22.8. The number of carbonyl (C=O) groups is 1. The Hall–Kier alpha value is -2.70. The van der Waals surface area contributed by atoms with Gasteiger partial charge in [-0.15, -0.1) is 0 Å². The molecule has 1 aliphatic rings. The Morgan fingerprint density at radius 2 is 1.88 bits per heavy atom. The first-order chi connectivity index (χ1) is 11.7. The van der Waals surface area contributed by atoms with E-state index < -0.39 is 0 Å². The van der Waals surface area contributed by atoms with Crippen molar-refractivity contribution in [3.63, 3.8) is 0 Å². The van der Waals surface area contributed by atoms with E-state index in [0.29, 0.717) is 11.5 Å². The van der Waals surface area contributed by atoms with Crippen molar-refractivity contribution < 1.29 is 9.18 Å². The highest BCUT2D eigenvalue weighted by atomic mass is 19.1. The van der Waals surface area contributed by atoms with E-state index in [4.69, 9.17) is 0 Å². The maximum atomic E-state index is 12.8. The van der Waals surface area contributed by atoms with Crippen molar-refractivity contribution in [3.8, 4) is 0 Å². The molecule has 2 amide bonds. The van der Waals surface area contributed by atoms with Crippen LogP contribution in [0.3, 0.4) is 0 Å². The smallest absolute Gasteiger partial charge is 0.319 e. The lowest BCUT2D eigenvalue weighted by Gasteiger charge is -2.27. The van der Waals surface area contributed by atoms with Crippen molar-refractivity contribution in [1.82, 2.24) is 15.3 Å². The Balaban J connectivity index is 1.54. The molecule has 0 atom stereocenters. The number of carbonyl (C=O) groups excluding carboxylic acids is 1. The fourth-order valence-corrected chi connectivity index (χ4v) is 2.64. The summed E-state index contributed by atoms with van der Waals surface area (Å²) < 4.78 is 12.8. The van der Waals surface area contributed by atoms with Crippen LogP contribution in [0.5, 0.6) is 0 Å². The molecular formula is C17H20FN5O. The number of piperidine rings is 1. The number of halogens is 1. The first kappa shape index (κ1) is 16.2. The van der Waals surface area contributed by atoms with Crippen LogP contribution in [0.1, 0.15) is 25.1 Å². The van der Waals surface area contributed by atoms with Gasteiger partial charge < -0.3 is 15.5 Å². The molecule has 1 aromatic carbocycles. The first-order valence-electron chi connectivity index (χ1n) is 8.08. The van der Waals surface area contributed by atoms with Crippen molar-refractivity contribution in [1.29, 1.82) is 0 Å². The topological polar surface area (TPSA) is 70.2 Å². The van der Waals surface area contributed by atoms with Gasteiger partial charge in [0.15, 0.2) is 0 Å². The van der Waals surface area contributed by atoms with Crippen molar-refractivity contribution in [3.05, 3.63) is 48.2 Å². The number of amides is 2. The molecule has 0 spiro atoms. The van der Waals surface area contributed by atoms with E-state index >= 15 is 0 Å². The minimum atomic E-state index is -0.381. The second-order valence-electron chi connectivity index (χ2n) is 5.69. The molecule has 0 radical (unpaired) electrons. The van der Waals surface area contributed by atoms with Gasteiger partial charge in [0.05, 0.1) is 6.54 Å². The van der Waals surface area contributed by atoms with Gasteiger partial charge >= 0.3 is 6.03 Å². The van der Waals surface area contributed by atoms with Crippen LogP contribution in [0.4, 0.5) is 20.7 Å². The maximum Gasteiger partial charge on any atom is 0.319 e. The SMILES string of the molecule is O=C(NCc1nccc(N2CCCCC2)n1)Nc1ccc(F)cc1. The predicted octanol–water partition coefficient (Wildman–Crippen LogP) is 2.93. The summed E-state index contributed by atoms with van der Waals surface area (Å²) >= 11 is 0. The van der Waals surface area contributed by atoms with Gasteiger partial charge in [0.25, 0.3) is 0 Å². The Bertz CT molecular complexity index is 686. The minimum absolute atomic E-state index is 0.231. The van der Waals surface area contributed by atoms with Crippen molar-refractivity contribution in [2.24, 2.45) is 0 Å². The van der Waals surface area contributed by atoms with Gasteiger partial charge in [0, 0.05) is 25.0 Å². The van der Waals surface area contributed by atoms with E-state index in [2.05, 4.69) is 25.5 Å². The molecule has 1 aliphatic heterocycles. The second kappa shape index (κ2) is 7.72. The fourth-order valence-electron chi connectivity index (χ4n) is 2.64. The first-order valence-corrected chi connectivity index (χ1v) is 8.08. The molecule has 3 rings (SSSR count). The van der Waals surface area contributed by atoms with Gasteiger partial charge in [-0.05, 0) is 49.6 Å². The number of nitrogens with zero attached hydrogens (tertiary/aromatic N) is 3. The quantitative estimate of drug-likeness (QED) is 0.905. The second-order valence-corrected chi connectivity index (χ2v) is 5.69. The summed E-state index contributed by atoms with van der Waals surface area (Å²) in [6.07, 6.45) is 5.33. The Morgan fingerprint density at radius 1 is 1.12 bits per heavy atom. The van der Waals surface area contributed by atoms with Crippen LogP contribution in [0.25, 0.3) is 0 Å². The fraction of sp³-hybridized carbons (Fsp3) is 0.353. The summed E-state index contributed by atoms with van der Waals surface area (Å²) in [5, 5.41) is 5.34. The number of anilines is 2. The number of hydrogen-bond donors (Lipinski definition) is 2. The van der Waals surface area contributed by atoms with Gasteiger partial charge in [0.2, 0.25) is 0 Å². The standard InChI is InChI=1S/C17H20FN5O/c18-13-4-6-14(7-5-13)21-17(24)20-12-15-19-9-8-16(22-15)23-10-2-1-3-11-23/h4-9H,1-3,10-12H2,(H2,20,21,24). The maximum absolute atomic E-state index is 12.8. The van der Waals surface area contributed by atoms with E-state index in [1.807, 2.05) is 6.07 Å². The predicted molar refractivity (Wildman–Crippen MR) is 90.4 cm³/mol. The highest BCUT2D eigenvalue weighted by Gasteiger charge is 2.13. The van der Waals surface area contributed by atoms with Crippen LogP contribution in [0.2, 0.25) is 0 Å². The zero-order chi connectivity index (χ0) is 16.8. The Labute approximate surface area is 140 Å². The van der Waals surface area contributed by atoms with E-state index in [1.165, 1.54) is 43.5 Å². The van der Waals surface area contributed by atoms with Gasteiger partial charge in [-0.25, -0.2) is 19.2 Å². The molecule has 2 heterocycles. The monoisotopic (exact) mass is 329 g/mol. The molecule has 0 aliphatic carbocycles. The van der Waals surface area contributed by atoms with Gasteiger partial charge in [0.1, 0.15) is 17.5 Å². The van der Waals surface area contributed by atoms with Gasteiger partial charge in [-0.2, -0.15) is 0 Å². The van der Waals surface area contributed by atoms with E-state index in [-0.39, 0.29) is 18.4 Å². The van der Waals surface area contributed by atoms with Crippen molar-refractivity contribution in [2.75, 3.05) is 23.3 Å². The summed E-state index contributed by atoms with van der Waals surface area (Å²) in [5.74, 6) is 1.12. The van der Waals surface area contributed by atoms with Crippen LogP contribution in [0, 0.1) is 5.82 Å². The zero-order valence-electron chi connectivity index (χ0n) is 13.3. The highest BCUT2D eigenvalue weighted by Crippen LogP contribution is 2.16. The average molecular weight is 329 g/mol. The Kier molecular flexibility index (Phi) is 5.20. The molecule has 7 heteroatoms. The summed E-state index contributed by atoms with van der Waals surface area (Å²) in [7, 11) is 0. The molecule has 1 saturated heterocycles. The van der Waals surface area contributed by atoms with Crippen LogP contribution in [-0.2, 0) is 6.54 Å². The molecule has 0 unspecified atom stereocenters. The molecule has 126 valence electrons. The zero-order valence-corrected chi connectivity index (χ0v) is 13.3. The molecular weight excluding hydrogens is 309 g/mol. The minimum Gasteiger partial charge on any atom is -0.357 e. The third kappa shape index (κ3) is 4.41. The molecule has 1 fully saturated rings. The molecule has 0 bridgehead atoms. The van der Waals surface area contributed by atoms with Crippen molar-refractivity contribution >= 4 is 17.5 Å². The number of nitrogens with one attached hydrogen (secondary N) is 2. The molecule has 2 aromatic rings. The largest absolute Gasteiger partial charge is 0.357 e. The molecule has 24 heavy (non-hydrogen) atoms. The summed E-state index contributed by atoms with van der Waals surface area (Å²) in [5.41, 5.74) is 0.525. The Morgan fingerprint density at radius 3 is 2.62 bits per heavy atom. The van der Waals surface area contributed by atoms with E-state index in [0.717, 1.165) is 18.9 Å². The number of urea groups is 1. The van der Waals surface area contributed by atoms with Crippen LogP contribution < -0.4 is 15.5 Å². The van der Waals surface area contributed by atoms with Gasteiger partial charge in [-0.1, -0.05) is 0 Å². The van der Waals surface area contributed by atoms with Crippen molar-refractivity contribution in [2.45, 2.75) is 25.8 Å². The summed E-state index contributed by atoms with van der Waals surface area (Å²) in [6.45, 7) is 2.25. The number of benzene rings is 1. The lowest BCUT2D eigenvalue weighted by molar-refractivity contribution is 0.251. The van der Waals surface area contributed by atoms with Crippen LogP contribution >= 0.6 is 0 Å². The lowest BCUT2D eigenvalue weighted by Crippen LogP contribution is -2.31. The number of aromatic nitrogens is 2. The highest BCUT2D eigenvalue weighted by molar-refractivity contribution is 5.89. The molecule has 6 nitrogen and oxygen atoms in total. The van der Waals surface area contributed by atoms with Gasteiger partial charge in [-0.3, -0.25) is 0 Å².